The summed E-state index contributed by atoms with van der Waals surface area (Å²) in [5, 5.41) is 0. The molecule has 3 heterocycles. The van der Waals surface area contributed by atoms with Crippen molar-refractivity contribution in [3.63, 3.8) is 0 Å². The largest absolute Gasteiger partial charge is 0.357 e. The van der Waals surface area contributed by atoms with Crippen molar-refractivity contribution >= 4 is 5.69 Å². The lowest BCUT2D eigenvalue weighted by atomic mass is 9.52. The lowest BCUT2D eigenvalue weighted by Gasteiger charge is -2.69. The van der Waals surface area contributed by atoms with E-state index in [0.717, 1.165) is 0 Å². The van der Waals surface area contributed by atoms with Crippen molar-refractivity contribution in [3.05, 3.63) is 53.6 Å². The van der Waals surface area contributed by atoms with Gasteiger partial charge in [-0.2, -0.15) is 0 Å². The Kier molecular flexibility index (Phi) is 3.11. The predicted octanol–water partition coefficient (Wildman–Crippen LogP) is 6.40. The summed E-state index contributed by atoms with van der Waals surface area (Å²) in [6.07, 6.45) is 13.7. The second-order valence-electron chi connectivity index (χ2n) is 10.1. The Morgan fingerprint density at radius 2 is 1.73 bits per heavy atom. The van der Waals surface area contributed by atoms with Crippen molar-refractivity contribution in [2.75, 3.05) is 4.90 Å². The summed E-state index contributed by atoms with van der Waals surface area (Å²) in [7, 11) is 0. The van der Waals surface area contributed by atoms with E-state index in [-0.39, 0.29) is 5.54 Å². The van der Waals surface area contributed by atoms with E-state index in [1.165, 1.54) is 43.4 Å². The number of rotatable bonds is 2. The number of allylic oxidation sites excluding steroid dienone is 2. The molecule has 1 aromatic rings. The summed E-state index contributed by atoms with van der Waals surface area (Å²) in [5.41, 5.74) is 6.09. The van der Waals surface area contributed by atoms with Gasteiger partial charge in [0, 0.05) is 17.1 Å². The molecule has 1 nitrogen and oxygen atoms in total. The number of para-hydroxylation sites is 1. The first kappa shape index (κ1) is 16.7. The molecule has 0 aromatic heterocycles. The molecule has 26 heavy (non-hydrogen) atoms. The maximum atomic E-state index is 2.93. The molecular weight excluding hydrogens is 314 g/mol. The van der Waals surface area contributed by atoms with Crippen molar-refractivity contribution in [1.29, 1.82) is 0 Å². The van der Waals surface area contributed by atoms with Crippen molar-refractivity contribution < 1.29 is 0 Å². The van der Waals surface area contributed by atoms with Crippen LogP contribution in [0.25, 0.3) is 0 Å². The minimum Gasteiger partial charge on any atom is -0.357 e. The number of hydrogen-bond donors (Lipinski definition) is 0. The first-order valence-corrected chi connectivity index (χ1v) is 10.5. The van der Waals surface area contributed by atoms with Crippen LogP contribution in [0.5, 0.6) is 0 Å². The summed E-state index contributed by atoms with van der Waals surface area (Å²) < 4.78 is 0. The van der Waals surface area contributed by atoms with Gasteiger partial charge in [0.25, 0.3) is 0 Å². The monoisotopic (exact) mass is 347 g/mol. The highest BCUT2D eigenvalue weighted by Crippen LogP contribution is 2.77. The number of fused-ring (bicyclic) bond motifs is 5. The molecule has 0 N–H and O–H groups in total. The van der Waals surface area contributed by atoms with Crippen LogP contribution in [-0.4, -0.2) is 11.6 Å². The van der Waals surface area contributed by atoms with E-state index in [9.17, 15) is 0 Å². The van der Waals surface area contributed by atoms with Gasteiger partial charge in [0.05, 0.1) is 5.54 Å². The van der Waals surface area contributed by atoms with Crippen molar-refractivity contribution in [3.8, 4) is 0 Å². The topological polar surface area (TPSA) is 3.24 Å². The van der Waals surface area contributed by atoms with Crippen LogP contribution in [-0.2, 0) is 5.41 Å². The molecular formula is C25H33N. The van der Waals surface area contributed by atoms with Crippen LogP contribution in [0.1, 0.15) is 72.3 Å². The molecule has 1 heteroatoms. The van der Waals surface area contributed by atoms with E-state index < -0.39 is 0 Å². The molecule has 138 valence electrons. The fourth-order valence-electron chi connectivity index (χ4n) is 7.50. The lowest BCUT2D eigenvalue weighted by molar-refractivity contribution is 0.0112. The summed E-state index contributed by atoms with van der Waals surface area (Å²) in [4.78, 5) is 2.93. The number of piperidine rings is 2. The third-order valence-electron chi connectivity index (χ3n) is 9.01. The molecule has 2 bridgehead atoms. The first-order valence-electron chi connectivity index (χ1n) is 10.5. The number of hydrogen-bond acceptors (Lipinski definition) is 1. The Labute approximate surface area is 159 Å². The summed E-state index contributed by atoms with van der Waals surface area (Å²) in [5.74, 6) is 0. The quantitative estimate of drug-likeness (QED) is 0.560. The average molecular weight is 348 g/mol. The van der Waals surface area contributed by atoms with Crippen molar-refractivity contribution in [2.24, 2.45) is 10.8 Å². The second kappa shape index (κ2) is 4.86. The smallest absolute Gasteiger partial charge is 0.0654 e. The molecule has 4 fully saturated rings. The van der Waals surface area contributed by atoms with Crippen LogP contribution in [0.4, 0.5) is 5.69 Å². The van der Waals surface area contributed by atoms with Crippen molar-refractivity contribution in [2.45, 2.75) is 83.7 Å². The van der Waals surface area contributed by atoms with E-state index in [1.54, 1.807) is 5.56 Å². The molecule has 3 unspecified atom stereocenters. The zero-order chi connectivity index (χ0) is 18.4. The average Bonchev–Trinajstić information content (AvgIpc) is 3.24. The Balaban J connectivity index is 1.79. The van der Waals surface area contributed by atoms with Gasteiger partial charge in [0.1, 0.15) is 0 Å². The Morgan fingerprint density at radius 1 is 1.04 bits per heavy atom. The Hall–Kier alpha value is -1.50. The molecule has 2 saturated heterocycles. The standard InChI is InChI=1S/C25H33N/c1-6-10-18(7-2)25-15-13-22(3,14-16-25)21-24(5)17-23(24,4)19-11-8-9-12-20(19)26(21)25/h6-12,21H,13-17H2,1-5H3/b10-6-,18-7+. The Bertz CT molecular complexity index is 822. The molecule has 5 aliphatic rings. The van der Waals surface area contributed by atoms with E-state index >= 15 is 0 Å². The zero-order valence-corrected chi connectivity index (χ0v) is 17.1. The fourth-order valence-corrected chi connectivity index (χ4v) is 7.50. The van der Waals surface area contributed by atoms with Crippen LogP contribution in [0.15, 0.2) is 48.1 Å². The molecule has 2 saturated carbocycles. The highest BCUT2D eigenvalue weighted by molar-refractivity contribution is 5.70. The summed E-state index contributed by atoms with van der Waals surface area (Å²) >= 11 is 0. The van der Waals surface area contributed by atoms with E-state index in [1.807, 2.05) is 0 Å². The van der Waals surface area contributed by atoms with Gasteiger partial charge in [-0.1, -0.05) is 57.2 Å². The van der Waals surface area contributed by atoms with Gasteiger partial charge >= 0.3 is 0 Å². The lowest BCUT2D eigenvalue weighted by Crippen LogP contribution is -2.72. The van der Waals surface area contributed by atoms with Gasteiger partial charge in [-0.15, -0.1) is 0 Å². The van der Waals surface area contributed by atoms with Gasteiger partial charge in [-0.05, 0) is 74.0 Å². The van der Waals surface area contributed by atoms with Gasteiger partial charge in [0.2, 0.25) is 0 Å². The third kappa shape index (κ3) is 1.65. The van der Waals surface area contributed by atoms with E-state index in [0.29, 0.717) is 22.3 Å². The van der Waals surface area contributed by atoms with E-state index in [2.05, 4.69) is 82.0 Å². The van der Waals surface area contributed by atoms with Crippen LogP contribution in [0.3, 0.4) is 0 Å². The molecule has 3 aliphatic heterocycles. The minimum atomic E-state index is 0.187. The van der Waals surface area contributed by atoms with Crippen LogP contribution in [0.2, 0.25) is 0 Å². The summed E-state index contributed by atoms with van der Waals surface area (Å²) in [6, 6.07) is 10.0. The first-order chi connectivity index (χ1) is 12.4. The van der Waals surface area contributed by atoms with Gasteiger partial charge < -0.3 is 4.90 Å². The molecule has 1 aromatic carbocycles. The molecule has 0 spiro atoms. The fraction of sp³-hybridized carbons (Fsp3) is 0.600. The van der Waals surface area contributed by atoms with Crippen LogP contribution >= 0.6 is 0 Å². The van der Waals surface area contributed by atoms with Gasteiger partial charge in [0.15, 0.2) is 0 Å². The third-order valence-corrected chi connectivity index (χ3v) is 9.01. The maximum absolute atomic E-state index is 2.93. The minimum absolute atomic E-state index is 0.187. The molecule has 0 radical (unpaired) electrons. The number of nitrogens with zero attached hydrogens (tertiary/aromatic N) is 1. The van der Waals surface area contributed by atoms with Gasteiger partial charge in [-0.25, -0.2) is 0 Å². The van der Waals surface area contributed by atoms with E-state index in [4.69, 9.17) is 0 Å². The van der Waals surface area contributed by atoms with Gasteiger partial charge in [-0.3, -0.25) is 0 Å². The second-order valence-corrected chi connectivity index (χ2v) is 10.1. The summed E-state index contributed by atoms with van der Waals surface area (Å²) in [6.45, 7) is 12.1. The molecule has 6 rings (SSSR count). The number of benzene rings is 1. The predicted molar refractivity (Wildman–Crippen MR) is 111 cm³/mol. The highest BCUT2D eigenvalue weighted by Gasteiger charge is 2.76. The molecule has 3 atom stereocenters. The Morgan fingerprint density at radius 3 is 2.38 bits per heavy atom. The zero-order valence-electron chi connectivity index (χ0n) is 17.1. The maximum Gasteiger partial charge on any atom is 0.0654 e. The van der Waals surface area contributed by atoms with Crippen LogP contribution < -0.4 is 4.90 Å². The molecule has 0 amide bonds. The van der Waals surface area contributed by atoms with Crippen LogP contribution in [0, 0.1) is 10.8 Å². The number of anilines is 1. The van der Waals surface area contributed by atoms with Crippen molar-refractivity contribution in [1.82, 2.24) is 0 Å². The highest BCUT2D eigenvalue weighted by atomic mass is 15.3. The molecule has 2 aliphatic carbocycles. The SMILES string of the molecule is C/C=C\C(=C/C)C12CCC(C)(CC1)C1N2c2ccccc2C2(C)CC12C. The normalized spacial score (nSPS) is 46.1.